The van der Waals surface area contributed by atoms with Crippen molar-refractivity contribution in [1.82, 2.24) is 0 Å². The number of nitrogens with zero attached hydrogens (tertiary/aromatic N) is 2. The summed E-state index contributed by atoms with van der Waals surface area (Å²) in [6.07, 6.45) is 0. The van der Waals surface area contributed by atoms with E-state index in [4.69, 9.17) is 0 Å². The summed E-state index contributed by atoms with van der Waals surface area (Å²) in [6, 6.07) is 70.3. The van der Waals surface area contributed by atoms with E-state index in [9.17, 15) is 0 Å². The summed E-state index contributed by atoms with van der Waals surface area (Å²) < 4.78 is 0. The largest absolute Gasteiger partial charge is 0.301 e. The third-order valence-corrected chi connectivity index (χ3v) is 12.2. The molecule has 0 aliphatic heterocycles. The number of para-hydroxylation sites is 2. The first-order valence-corrected chi connectivity index (χ1v) is 19.1. The van der Waals surface area contributed by atoms with Crippen LogP contribution in [0.15, 0.2) is 194 Å². The molecule has 2 nitrogen and oxygen atoms in total. The van der Waals surface area contributed by atoms with Crippen LogP contribution in [0.1, 0.15) is 0 Å². The monoisotopic (exact) mass is 700 g/mol. The fourth-order valence-electron chi connectivity index (χ4n) is 7.52. The van der Waals surface area contributed by atoms with Crippen LogP contribution in [0.5, 0.6) is 0 Å². The molecule has 0 spiro atoms. The predicted molar refractivity (Wildman–Crippen MR) is 227 cm³/mol. The van der Waals surface area contributed by atoms with Crippen LogP contribution in [0.4, 0.5) is 32.8 Å². The molecule has 0 saturated carbocycles. The Labute approximate surface area is 310 Å². The first kappa shape index (κ1) is 30.6. The van der Waals surface area contributed by atoms with E-state index in [2.05, 4.69) is 204 Å². The third kappa shape index (κ3) is 5.24. The van der Waals surface area contributed by atoms with Crippen LogP contribution in [0.3, 0.4) is 0 Å². The topological polar surface area (TPSA) is 6.48 Å². The van der Waals surface area contributed by atoms with Crippen molar-refractivity contribution in [2.45, 2.75) is 0 Å². The number of benzene rings is 8. The SMILES string of the molecule is c1ccc(N(c2ccc(-c3ccc(N(c4ccccc4)c4cc5ccccc5c5ccccc45)s3)s2)c2cc3ccccc3c3ccccc23)cc1. The predicted octanol–water partition coefficient (Wildman–Crippen LogP) is 15.0. The van der Waals surface area contributed by atoms with Crippen LogP contribution >= 0.6 is 22.7 Å². The van der Waals surface area contributed by atoms with Gasteiger partial charge in [0.15, 0.2) is 0 Å². The molecule has 0 saturated heterocycles. The number of hydrogen-bond acceptors (Lipinski definition) is 4. The summed E-state index contributed by atoms with van der Waals surface area (Å²) in [5.74, 6) is 0. The lowest BCUT2D eigenvalue weighted by molar-refractivity contribution is 1.34. The number of rotatable bonds is 7. The van der Waals surface area contributed by atoms with Crippen LogP contribution < -0.4 is 9.80 Å². The average Bonchev–Trinajstić information content (AvgIpc) is 3.90. The highest BCUT2D eigenvalue weighted by Gasteiger charge is 2.22. The summed E-state index contributed by atoms with van der Waals surface area (Å²) in [7, 11) is 0. The van der Waals surface area contributed by atoms with Gasteiger partial charge in [0, 0.05) is 31.9 Å². The minimum absolute atomic E-state index is 1.14. The maximum absolute atomic E-state index is 2.43. The van der Waals surface area contributed by atoms with Crippen LogP contribution in [-0.4, -0.2) is 0 Å². The van der Waals surface area contributed by atoms with Crippen LogP contribution in [-0.2, 0) is 0 Å². The normalized spacial score (nSPS) is 11.5. The molecule has 8 aromatic carbocycles. The summed E-state index contributed by atoms with van der Waals surface area (Å²) in [6.45, 7) is 0. The zero-order valence-corrected chi connectivity index (χ0v) is 29.8. The van der Waals surface area contributed by atoms with Gasteiger partial charge in [-0.3, -0.25) is 0 Å². The van der Waals surface area contributed by atoms with Gasteiger partial charge in [0.2, 0.25) is 0 Å². The van der Waals surface area contributed by atoms with E-state index in [1.54, 1.807) is 0 Å². The highest BCUT2D eigenvalue weighted by atomic mass is 32.1. The molecule has 0 aliphatic carbocycles. The molecule has 2 heterocycles. The molecular weight excluding hydrogens is 669 g/mol. The molecule has 0 unspecified atom stereocenters. The average molecular weight is 701 g/mol. The Morgan fingerprint density at radius 3 is 1.06 bits per heavy atom. The first-order valence-electron chi connectivity index (χ1n) is 17.5. The summed E-state index contributed by atoms with van der Waals surface area (Å²) in [4.78, 5) is 7.34. The van der Waals surface area contributed by atoms with E-state index in [0.29, 0.717) is 0 Å². The Balaban J connectivity index is 1.11. The molecule has 0 atom stereocenters. The van der Waals surface area contributed by atoms with Gasteiger partial charge in [-0.25, -0.2) is 0 Å². The molecule has 4 heteroatoms. The molecule has 52 heavy (non-hydrogen) atoms. The van der Waals surface area contributed by atoms with Gasteiger partial charge in [-0.1, -0.05) is 133 Å². The summed E-state index contributed by atoms with van der Waals surface area (Å²) >= 11 is 3.67. The van der Waals surface area contributed by atoms with Crippen molar-refractivity contribution >= 4 is 98.5 Å². The van der Waals surface area contributed by atoms with Crippen molar-refractivity contribution in [3.05, 3.63) is 194 Å². The molecular formula is C48H32N2S2. The van der Waals surface area contributed by atoms with E-state index < -0.39 is 0 Å². The van der Waals surface area contributed by atoms with Gasteiger partial charge in [-0.05, 0) is 93.0 Å². The molecule has 10 aromatic rings. The summed E-state index contributed by atoms with van der Waals surface area (Å²) in [5, 5.41) is 12.4. The second kappa shape index (κ2) is 12.8. The van der Waals surface area contributed by atoms with Gasteiger partial charge >= 0.3 is 0 Å². The highest BCUT2D eigenvalue weighted by molar-refractivity contribution is 7.26. The zero-order valence-electron chi connectivity index (χ0n) is 28.2. The number of fused-ring (bicyclic) bond motifs is 6. The molecule has 0 fully saturated rings. The van der Waals surface area contributed by atoms with E-state index in [-0.39, 0.29) is 0 Å². The molecule has 10 rings (SSSR count). The van der Waals surface area contributed by atoms with Crippen LogP contribution in [0.2, 0.25) is 0 Å². The fourth-order valence-corrected chi connectivity index (χ4v) is 9.70. The zero-order chi connectivity index (χ0) is 34.4. The van der Waals surface area contributed by atoms with Gasteiger partial charge in [-0.15, -0.1) is 22.7 Å². The number of hydrogen-bond donors (Lipinski definition) is 0. The van der Waals surface area contributed by atoms with Crippen molar-refractivity contribution in [2.24, 2.45) is 0 Å². The minimum Gasteiger partial charge on any atom is -0.301 e. The van der Waals surface area contributed by atoms with Gasteiger partial charge < -0.3 is 9.80 Å². The minimum atomic E-state index is 1.14. The van der Waals surface area contributed by atoms with Crippen molar-refractivity contribution < 1.29 is 0 Å². The van der Waals surface area contributed by atoms with Gasteiger partial charge in [0.05, 0.1) is 11.4 Å². The third-order valence-electron chi connectivity index (χ3n) is 9.87. The second-order valence-electron chi connectivity index (χ2n) is 12.9. The second-order valence-corrected chi connectivity index (χ2v) is 15.1. The quantitative estimate of drug-likeness (QED) is 0.153. The smallest absolute Gasteiger partial charge is 0.101 e. The molecule has 0 N–H and O–H groups in total. The fraction of sp³-hybridized carbons (Fsp3) is 0. The van der Waals surface area contributed by atoms with Crippen LogP contribution in [0.25, 0.3) is 52.8 Å². The van der Waals surface area contributed by atoms with Crippen molar-refractivity contribution in [3.8, 4) is 9.75 Å². The van der Waals surface area contributed by atoms with Crippen molar-refractivity contribution in [1.29, 1.82) is 0 Å². The van der Waals surface area contributed by atoms with E-state index in [0.717, 1.165) is 11.4 Å². The van der Waals surface area contributed by atoms with E-state index >= 15 is 0 Å². The highest BCUT2D eigenvalue weighted by Crippen LogP contribution is 2.49. The van der Waals surface area contributed by atoms with Crippen molar-refractivity contribution in [3.63, 3.8) is 0 Å². The molecule has 0 aliphatic rings. The van der Waals surface area contributed by atoms with E-state index in [1.807, 2.05) is 22.7 Å². The van der Waals surface area contributed by atoms with Crippen molar-refractivity contribution in [2.75, 3.05) is 9.80 Å². The number of anilines is 6. The molecule has 0 amide bonds. The summed E-state index contributed by atoms with van der Waals surface area (Å²) in [5.41, 5.74) is 4.64. The van der Waals surface area contributed by atoms with E-state index in [1.165, 1.54) is 74.2 Å². The lowest BCUT2D eigenvalue weighted by Crippen LogP contribution is -2.09. The Morgan fingerprint density at radius 2 is 0.635 bits per heavy atom. The molecule has 0 bridgehead atoms. The lowest BCUT2D eigenvalue weighted by Gasteiger charge is -2.26. The standard InChI is InChI=1S/C48H32N2S2/c1-3-17-35(18-4-1)49(43-31-33-15-7-9-21-37(33)39-23-11-13-25-41(39)43)47-29-27-45(51-47)46-28-30-48(52-46)50(36-19-5-2-6-20-36)44-32-34-16-8-10-22-38(34)40-24-12-14-26-42(40)44/h1-32H. The van der Waals surface area contributed by atoms with Gasteiger partial charge in [0.25, 0.3) is 0 Å². The van der Waals surface area contributed by atoms with Gasteiger partial charge in [-0.2, -0.15) is 0 Å². The first-order chi connectivity index (χ1) is 25.8. The maximum atomic E-state index is 2.43. The number of thiophene rings is 2. The lowest BCUT2D eigenvalue weighted by atomic mass is 9.99. The molecule has 2 aromatic heterocycles. The van der Waals surface area contributed by atoms with Gasteiger partial charge in [0.1, 0.15) is 10.0 Å². The molecule has 0 radical (unpaired) electrons. The Kier molecular flexibility index (Phi) is 7.56. The van der Waals surface area contributed by atoms with Crippen LogP contribution in [0, 0.1) is 0 Å². The maximum Gasteiger partial charge on any atom is 0.101 e. The molecule has 246 valence electrons. The Hall–Kier alpha value is -6.20. The Morgan fingerprint density at radius 1 is 0.288 bits per heavy atom. The Bertz CT molecular complexity index is 2670.